The van der Waals surface area contributed by atoms with Crippen molar-refractivity contribution in [3.63, 3.8) is 0 Å². The normalized spacial score (nSPS) is 17.5. The molecule has 0 saturated carbocycles. The number of nitrogens with zero attached hydrogens (tertiary/aromatic N) is 7. The highest BCUT2D eigenvalue weighted by Gasteiger charge is 2.44. The molecule has 6 heterocycles. The van der Waals surface area contributed by atoms with E-state index < -0.39 is 29.7 Å². The maximum atomic E-state index is 13.1. The van der Waals surface area contributed by atoms with Crippen LogP contribution in [0.2, 0.25) is 0 Å². The van der Waals surface area contributed by atoms with Crippen molar-refractivity contribution < 1.29 is 38.1 Å². The van der Waals surface area contributed by atoms with Crippen LogP contribution in [0.25, 0.3) is 21.9 Å². The van der Waals surface area contributed by atoms with Gasteiger partial charge < -0.3 is 23.5 Å². The van der Waals surface area contributed by atoms with Crippen LogP contribution in [-0.2, 0) is 41.1 Å². The summed E-state index contributed by atoms with van der Waals surface area (Å²) < 4.78 is 27.1. The van der Waals surface area contributed by atoms with Gasteiger partial charge in [-0.1, -0.05) is 5.21 Å². The maximum Gasteiger partial charge on any atom is 0.262 e. The molecule has 58 heavy (non-hydrogen) atoms. The number of ether oxygens (including phenoxy) is 4. The zero-order chi connectivity index (χ0) is 40.5. The van der Waals surface area contributed by atoms with Crippen LogP contribution in [0, 0.1) is 0 Å². The maximum absolute atomic E-state index is 13.1. The first-order chi connectivity index (χ1) is 28.1. The number of likely N-dealkylation sites (tertiary alicyclic amines) is 1. The Bertz CT molecular complexity index is 2460. The lowest BCUT2D eigenvalue weighted by Crippen LogP contribution is -2.54. The van der Waals surface area contributed by atoms with Crippen molar-refractivity contribution >= 4 is 34.4 Å². The van der Waals surface area contributed by atoms with E-state index in [1.165, 1.54) is 12.1 Å². The predicted molar refractivity (Wildman–Crippen MR) is 207 cm³/mol. The van der Waals surface area contributed by atoms with Crippen molar-refractivity contribution in [2.24, 2.45) is 7.05 Å². The van der Waals surface area contributed by atoms with Crippen molar-refractivity contribution in [2.75, 3.05) is 33.9 Å². The molecule has 3 aliphatic rings. The number of carbonyl (C=O) groups is 4. The van der Waals surface area contributed by atoms with Gasteiger partial charge in [-0.2, -0.15) is 0 Å². The standard InChI is InChI=1S/C41H42N8O9/c1-46-21-32(28-8-11-42-19-31(28)39(46)52)24-16-35(55-2)33(36(17-24)56-3)22-47-12-9-26(10-13-47)58-23-25-20-48(45-44-25)14-15-57-27-4-5-29-30(18-27)41(54)49(40(29)53)34-6-7-37(50)43-38(34)51/h4-5,8,11,16-21,26,34H,6-7,9-10,12-15,22-23H2,1-3H3,(H,43,50,51). The average molecular weight is 791 g/mol. The van der Waals surface area contributed by atoms with E-state index in [0.717, 1.165) is 52.9 Å². The number of imide groups is 2. The first kappa shape index (κ1) is 38.4. The van der Waals surface area contributed by atoms with E-state index in [2.05, 4.69) is 25.5 Å². The number of pyridine rings is 2. The fraction of sp³-hybridized carbons (Fsp3) is 0.366. The van der Waals surface area contributed by atoms with Crippen LogP contribution in [0.1, 0.15) is 57.7 Å². The van der Waals surface area contributed by atoms with Crippen molar-refractivity contribution in [1.29, 1.82) is 0 Å². The summed E-state index contributed by atoms with van der Waals surface area (Å²) in [5.41, 5.74) is 3.62. The van der Waals surface area contributed by atoms with Gasteiger partial charge in [-0.25, -0.2) is 4.68 Å². The zero-order valence-electron chi connectivity index (χ0n) is 32.3. The Morgan fingerprint density at radius 1 is 0.862 bits per heavy atom. The van der Waals surface area contributed by atoms with Crippen molar-refractivity contribution in [1.82, 2.24) is 39.7 Å². The Morgan fingerprint density at radius 2 is 1.62 bits per heavy atom. The van der Waals surface area contributed by atoms with Crippen LogP contribution < -0.4 is 25.1 Å². The van der Waals surface area contributed by atoms with E-state index in [4.69, 9.17) is 18.9 Å². The smallest absolute Gasteiger partial charge is 0.262 e. The van der Waals surface area contributed by atoms with Crippen LogP contribution in [0.15, 0.2) is 66.0 Å². The summed E-state index contributed by atoms with van der Waals surface area (Å²) in [5, 5.41) is 12.0. The van der Waals surface area contributed by atoms with Gasteiger partial charge in [0.25, 0.3) is 17.4 Å². The Labute approximate surface area is 332 Å². The number of fused-ring (bicyclic) bond motifs is 2. The molecule has 0 bridgehead atoms. The number of aromatic nitrogens is 5. The number of carbonyl (C=O) groups excluding carboxylic acids is 4. The third-order valence-electron chi connectivity index (χ3n) is 10.9. The number of hydrogen-bond donors (Lipinski definition) is 1. The SMILES string of the molecule is COc1cc(-c2cn(C)c(=O)c3cnccc23)cc(OC)c1CN1CCC(OCc2cn(CCOc3ccc4c(c3)C(=O)N(C3CCC(=O)NC3=O)C4=O)nn2)CC1. The topological polar surface area (TPSA) is 189 Å². The molecule has 2 fully saturated rings. The van der Waals surface area contributed by atoms with E-state index in [-0.39, 0.29) is 42.2 Å². The summed E-state index contributed by atoms with van der Waals surface area (Å²) in [6.45, 7) is 3.19. The molecule has 17 heteroatoms. The quantitative estimate of drug-likeness (QED) is 0.172. The summed E-state index contributed by atoms with van der Waals surface area (Å²) in [6, 6.07) is 9.41. The van der Waals surface area contributed by atoms with Crippen LogP contribution in [-0.4, -0.2) is 104 Å². The number of hydrogen-bond acceptors (Lipinski definition) is 13. The molecule has 0 aliphatic carbocycles. The number of nitrogens with one attached hydrogen (secondary N) is 1. The van der Waals surface area contributed by atoms with E-state index in [1.54, 1.807) is 55.2 Å². The number of methoxy groups -OCH3 is 2. The highest BCUT2D eigenvalue weighted by Crippen LogP contribution is 2.38. The van der Waals surface area contributed by atoms with Crippen molar-refractivity contribution in [2.45, 2.75) is 57.5 Å². The highest BCUT2D eigenvalue weighted by molar-refractivity contribution is 6.23. The van der Waals surface area contributed by atoms with Crippen LogP contribution in [0.5, 0.6) is 17.2 Å². The van der Waals surface area contributed by atoms with Gasteiger partial charge in [0.15, 0.2) is 0 Å². The summed E-state index contributed by atoms with van der Waals surface area (Å²) in [5.74, 6) is -0.447. The third kappa shape index (κ3) is 7.53. The van der Waals surface area contributed by atoms with Crippen molar-refractivity contribution in [3.05, 3.63) is 93.9 Å². The largest absolute Gasteiger partial charge is 0.496 e. The summed E-state index contributed by atoms with van der Waals surface area (Å²) in [6.07, 6.45) is 8.78. The Balaban J connectivity index is 0.817. The van der Waals surface area contributed by atoms with Crippen LogP contribution >= 0.6 is 0 Å². The van der Waals surface area contributed by atoms with Gasteiger partial charge >= 0.3 is 0 Å². The Hall–Kier alpha value is -6.46. The fourth-order valence-electron chi connectivity index (χ4n) is 7.81. The molecule has 2 saturated heterocycles. The predicted octanol–water partition coefficient (Wildman–Crippen LogP) is 2.87. The Morgan fingerprint density at radius 3 is 2.36 bits per heavy atom. The minimum atomic E-state index is -1.03. The second kappa shape index (κ2) is 16.2. The van der Waals surface area contributed by atoms with E-state index in [1.807, 2.05) is 24.4 Å². The van der Waals surface area contributed by atoms with E-state index >= 15 is 0 Å². The van der Waals surface area contributed by atoms with Gasteiger partial charge in [0, 0.05) is 57.3 Å². The summed E-state index contributed by atoms with van der Waals surface area (Å²) in [4.78, 5) is 70.2. The van der Waals surface area contributed by atoms with E-state index in [0.29, 0.717) is 48.0 Å². The molecule has 3 aromatic heterocycles. The molecule has 0 spiro atoms. The zero-order valence-corrected chi connectivity index (χ0v) is 32.3. The highest BCUT2D eigenvalue weighted by atomic mass is 16.5. The second-order valence-electron chi connectivity index (χ2n) is 14.5. The number of benzene rings is 2. The molecule has 5 aromatic rings. The lowest BCUT2D eigenvalue weighted by molar-refractivity contribution is -0.136. The summed E-state index contributed by atoms with van der Waals surface area (Å²) >= 11 is 0. The van der Waals surface area contributed by atoms with Gasteiger partial charge in [-0.15, -0.1) is 5.10 Å². The lowest BCUT2D eigenvalue weighted by Gasteiger charge is -2.32. The molecule has 17 nitrogen and oxygen atoms in total. The van der Waals surface area contributed by atoms with Gasteiger partial charge in [0.2, 0.25) is 11.8 Å². The summed E-state index contributed by atoms with van der Waals surface area (Å²) in [7, 11) is 5.03. The molecule has 1 N–H and O–H groups in total. The number of amides is 4. The molecule has 300 valence electrons. The molecule has 3 aliphatic heterocycles. The fourth-order valence-corrected chi connectivity index (χ4v) is 7.81. The van der Waals surface area contributed by atoms with Gasteiger partial charge in [0.1, 0.15) is 35.6 Å². The molecular weight excluding hydrogens is 748 g/mol. The monoisotopic (exact) mass is 790 g/mol. The van der Waals surface area contributed by atoms with Gasteiger partial charge in [-0.3, -0.25) is 44.1 Å². The van der Waals surface area contributed by atoms with Gasteiger partial charge in [0.05, 0.1) is 61.7 Å². The van der Waals surface area contributed by atoms with Crippen molar-refractivity contribution in [3.8, 4) is 28.4 Å². The molecule has 0 radical (unpaired) electrons. The number of aryl methyl sites for hydroxylation is 1. The molecule has 2 aromatic carbocycles. The van der Waals surface area contributed by atoms with Gasteiger partial charge in [-0.05, 0) is 66.6 Å². The van der Waals surface area contributed by atoms with Crippen LogP contribution in [0.3, 0.4) is 0 Å². The molecule has 1 unspecified atom stereocenters. The number of rotatable bonds is 13. The average Bonchev–Trinajstić information content (AvgIpc) is 3.79. The minimum Gasteiger partial charge on any atom is -0.496 e. The minimum absolute atomic E-state index is 0.0531. The molecule has 8 rings (SSSR count). The second-order valence-corrected chi connectivity index (χ2v) is 14.5. The number of piperidine rings is 2. The third-order valence-corrected chi connectivity index (χ3v) is 10.9. The van der Waals surface area contributed by atoms with E-state index in [9.17, 15) is 24.0 Å². The molecular formula is C41H42N8O9. The lowest BCUT2D eigenvalue weighted by atomic mass is 9.98. The first-order valence-electron chi connectivity index (χ1n) is 19.0. The molecule has 1 atom stereocenters. The van der Waals surface area contributed by atoms with Crippen LogP contribution in [0.4, 0.5) is 0 Å². The first-order valence-corrected chi connectivity index (χ1v) is 19.0. The Kier molecular flexibility index (Phi) is 10.7. The molecule has 4 amide bonds.